The van der Waals surface area contributed by atoms with E-state index < -0.39 is 0 Å². The SMILES string of the molecule is NCCC(=O)c1cc2c(c(Br)c1O)OCCO2. The Morgan fingerprint density at radius 2 is 2.18 bits per heavy atom. The third kappa shape index (κ3) is 2.23. The van der Waals surface area contributed by atoms with Gasteiger partial charge in [0.2, 0.25) is 0 Å². The number of ketones is 1. The highest BCUT2D eigenvalue weighted by atomic mass is 79.9. The minimum absolute atomic E-state index is 0.132. The molecule has 0 saturated carbocycles. The third-order valence-corrected chi connectivity index (χ3v) is 3.16. The lowest BCUT2D eigenvalue weighted by Crippen LogP contribution is -2.17. The van der Waals surface area contributed by atoms with Crippen LogP contribution in [-0.4, -0.2) is 30.6 Å². The second-order valence-electron chi connectivity index (χ2n) is 3.57. The Bertz CT molecular complexity index is 461. The van der Waals surface area contributed by atoms with Gasteiger partial charge < -0.3 is 20.3 Å². The highest BCUT2D eigenvalue weighted by Gasteiger charge is 2.23. The number of phenolic OH excluding ortho intramolecular Hbond substituents is 1. The van der Waals surface area contributed by atoms with Crippen molar-refractivity contribution in [2.45, 2.75) is 6.42 Å². The highest BCUT2D eigenvalue weighted by molar-refractivity contribution is 9.10. The molecule has 0 radical (unpaired) electrons. The smallest absolute Gasteiger partial charge is 0.179 e. The van der Waals surface area contributed by atoms with Crippen LogP contribution in [0.15, 0.2) is 10.5 Å². The second kappa shape index (κ2) is 4.93. The number of Topliss-reactive ketones (excluding diaryl/α,β-unsaturated/α-hetero) is 1. The van der Waals surface area contributed by atoms with Crippen LogP contribution >= 0.6 is 15.9 Å². The third-order valence-electron chi connectivity index (χ3n) is 2.42. The molecular formula is C11H12BrNO4. The Morgan fingerprint density at radius 3 is 2.88 bits per heavy atom. The number of carbonyl (C=O) groups is 1. The zero-order valence-electron chi connectivity index (χ0n) is 9.03. The average molecular weight is 302 g/mol. The fraction of sp³-hybridized carbons (Fsp3) is 0.364. The van der Waals surface area contributed by atoms with Gasteiger partial charge in [0.1, 0.15) is 23.4 Å². The minimum Gasteiger partial charge on any atom is -0.506 e. The molecule has 1 aromatic rings. The van der Waals surface area contributed by atoms with E-state index in [9.17, 15) is 9.90 Å². The lowest BCUT2D eigenvalue weighted by Gasteiger charge is -2.21. The molecule has 92 valence electrons. The van der Waals surface area contributed by atoms with Gasteiger partial charge in [0.15, 0.2) is 17.3 Å². The van der Waals surface area contributed by atoms with Crippen LogP contribution in [0.3, 0.4) is 0 Å². The highest BCUT2D eigenvalue weighted by Crippen LogP contribution is 2.45. The molecule has 3 N–H and O–H groups in total. The molecule has 0 unspecified atom stereocenters. The molecule has 1 aliphatic rings. The number of aromatic hydroxyl groups is 1. The quantitative estimate of drug-likeness (QED) is 0.826. The first kappa shape index (κ1) is 12.2. The Balaban J connectivity index is 2.47. The normalized spacial score (nSPS) is 13.5. The van der Waals surface area contributed by atoms with Gasteiger partial charge in [-0.3, -0.25) is 4.79 Å². The summed E-state index contributed by atoms with van der Waals surface area (Å²) in [5.74, 6) is 0.537. The van der Waals surface area contributed by atoms with Crippen molar-refractivity contribution >= 4 is 21.7 Å². The predicted molar refractivity (Wildman–Crippen MR) is 64.8 cm³/mol. The lowest BCUT2D eigenvalue weighted by molar-refractivity contribution is 0.0981. The maximum Gasteiger partial charge on any atom is 0.179 e. The minimum atomic E-state index is -0.220. The van der Waals surface area contributed by atoms with Crippen molar-refractivity contribution in [3.63, 3.8) is 0 Å². The standard InChI is InChI=1S/C11H12BrNO4/c12-9-10(15)6(7(14)1-2-13)5-8-11(9)17-4-3-16-8/h5,15H,1-4,13H2. The van der Waals surface area contributed by atoms with Gasteiger partial charge in [0.25, 0.3) is 0 Å². The Hall–Kier alpha value is -1.27. The number of benzene rings is 1. The van der Waals surface area contributed by atoms with Crippen molar-refractivity contribution < 1.29 is 19.4 Å². The molecule has 5 nitrogen and oxygen atoms in total. The zero-order valence-corrected chi connectivity index (χ0v) is 10.6. The molecule has 1 aliphatic heterocycles. The molecule has 0 amide bonds. The van der Waals surface area contributed by atoms with Gasteiger partial charge in [0, 0.05) is 6.42 Å². The van der Waals surface area contributed by atoms with Crippen molar-refractivity contribution in [2.24, 2.45) is 5.73 Å². The van der Waals surface area contributed by atoms with Crippen LogP contribution in [0.25, 0.3) is 0 Å². The molecule has 0 bridgehead atoms. The summed E-state index contributed by atoms with van der Waals surface area (Å²) in [6.07, 6.45) is 0.180. The topological polar surface area (TPSA) is 81.8 Å². The van der Waals surface area contributed by atoms with E-state index in [0.29, 0.717) is 29.2 Å². The first-order valence-corrected chi connectivity index (χ1v) is 5.98. The molecule has 1 heterocycles. The fourth-order valence-corrected chi connectivity index (χ4v) is 2.14. The number of phenols is 1. The van der Waals surface area contributed by atoms with Gasteiger partial charge in [-0.25, -0.2) is 0 Å². The van der Waals surface area contributed by atoms with Gasteiger partial charge in [-0.05, 0) is 28.5 Å². The number of fused-ring (bicyclic) bond motifs is 1. The van der Waals surface area contributed by atoms with E-state index in [1.165, 1.54) is 6.07 Å². The molecule has 0 atom stereocenters. The van der Waals surface area contributed by atoms with E-state index in [1.807, 2.05) is 0 Å². The second-order valence-corrected chi connectivity index (χ2v) is 4.37. The maximum atomic E-state index is 11.7. The van der Waals surface area contributed by atoms with Crippen molar-refractivity contribution in [3.8, 4) is 17.2 Å². The Labute approximate surface area is 107 Å². The number of nitrogens with two attached hydrogens (primary N) is 1. The molecule has 6 heteroatoms. The summed E-state index contributed by atoms with van der Waals surface area (Å²) in [4.78, 5) is 11.7. The van der Waals surface area contributed by atoms with Crippen LogP contribution in [-0.2, 0) is 0 Å². The van der Waals surface area contributed by atoms with Crippen LogP contribution < -0.4 is 15.2 Å². The van der Waals surface area contributed by atoms with Gasteiger partial charge in [-0.1, -0.05) is 0 Å². The predicted octanol–water partition coefficient (Wildman–Crippen LogP) is 1.46. The van der Waals surface area contributed by atoms with Gasteiger partial charge in [0.05, 0.1) is 5.56 Å². The Morgan fingerprint density at radius 1 is 1.47 bits per heavy atom. The van der Waals surface area contributed by atoms with E-state index >= 15 is 0 Å². The van der Waals surface area contributed by atoms with Crippen LogP contribution in [0, 0.1) is 0 Å². The van der Waals surface area contributed by atoms with E-state index in [4.69, 9.17) is 15.2 Å². The molecule has 1 aromatic carbocycles. The average Bonchev–Trinajstić information content (AvgIpc) is 2.34. The molecule has 0 aliphatic carbocycles. The van der Waals surface area contributed by atoms with Crippen molar-refractivity contribution in [3.05, 3.63) is 16.1 Å². The summed E-state index contributed by atoms with van der Waals surface area (Å²) in [6.45, 7) is 1.08. The number of hydrogen-bond acceptors (Lipinski definition) is 5. The van der Waals surface area contributed by atoms with Crippen molar-refractivity contribution in [1.29, 1.82) is 0 Å². The number of rotatable bonds is 3. The maximum absolute atomic E-state index is 11.7. The monoisotopic (exact) mass is 301 g/mol. The molecule has 0 fully saturated rings. The van der Waals surface area contributed by atoms with Crippen LogP contribution in [0.4, 0.5) is 0 Å². The van der Waals surface area contributed by atoms with Gasteiger partial charge in [-0.2, -0.15) is 0 Å². The number of carbonyl (C=O) groups excluding carboxylic acids is 1. The molecule has 0 aromatic heterocycles. The van der Waals surface area contributed by atoms with E-state index in [-0.39, 0.29) is 30.1 Å². The largest absolute Gasteiger partial charge is 0.506 e. The summed E-state index contributed by atoms with van der Waals surface area (Å²) >= 11 is 3.20. The van der Waals surface area contributed by atoms with Crippen molar-refractivity contribution in [1.82, 2.24) is 0 Å². The molecule has 17 heavy (non-hydrogen) atoms. The van der Waals surface area contributed by atoms with Crippen molar-refractivity contribution in [2.75, 3.05) is 19.8 Å². The van der Waals surface area contributed by atoms with E-state index in [1.54, 1.807) is 0 Å². The zero-order chi connectivity index (χ0) is 12.4. The molecular weight excluding hydrogens is 290 g/mol. The summed E-state index contributed by atoms with van der Waals surface area (Å²) in [6, 6.07) is 1.49. The number of hydrogen-bond donors (Lipinski definition) is 2. The summed E-state index contributed by atoms with van der Waals surface area (Å²) in [5.41, 5.74) is 5.52. The summed E-state index contributed by atoms with van der Waals surface area (Å²) < 4.78 is 11.1. The van der Waals surface area contributed by atoms with E-state index in [2.05, 4.69) is 15.9 Å². The fourth-order valence-electron chi connectivity index (χ4n) is 1.61. The molecule has 0 spiro atoms. The Kier molecular flexibility index (Phi) is 3.54. The summed E-state index contributed by atoms with van der Waals surface area (Å²) in [5, 5.41) is 9.91. The summed E-state index contributed by atoms with van der Waals surface area (Å²) in [7, 11) is 0. The van der Waals surface area contributed by atoms with Crippen LogP contribution in [0.1, 0.15) is 16.8 Å². The lowest BCUT2D eigenvalue weighted by atomic mass is 10.1. The van der Waals surface area contributed by atoms with Gasteiger partial charge >= 0.3 is 0 Å². The van der Waals surface area contributed by atoms with Crippen LogP contribution in [0.5, 0.6) is 17.2 Å². The molecule has 2 rings (SSSR count). The number of halogens is 1. The van der Waals surface area contributed by atoms with E-state index in [0.717, 1.165) is 0 Å². The van der Waals surface area contributed by atoms with Gasteiger partial charge in [-0.15, -0.1) is 0 Å². The van der Waals surface area contributed by atoms with Crippen LogP contribution in [0.2, 0.25) is 0 Å². The number of ether oxygens (including phenoxy) is 2. The molecule has 0 saturated heterocycles. The first-order valence-electron chi connectivity index (χ1n) is 5.19. The first-order chi connectivity index (χ1) is 8.15.